The maximum Gasteiger partial charge on any atom is 0.276 e. The van der Waals surface area contributed by atoms with Crippen LogP contribution in [0.25, 0.3) is 22.8 Å². The van der Waals surface area contributed by atoms with Crippen molar-refractivity contribution in [2.24, 2.45) is 12.8 Å². The van der Waals surface area contributed by atoms with Gasteiger partial charge in [-0.2, -0.15) is 15.2 Å². The number of aryl methyl sites for hydroxylation is 2. The molecule has 1 aliphatic rings. The van der Waals surface area contributed by atoms with E-state index < -0.39 is 5.54 Å². The van der Waals surface area contributed by atoms with Crippen LogP contribution in [0, 0.1) is 13.8 Å². The summed E-state index contributed by atoms with van der Waals surface area (Å²) in [4.78, 5) is 4.44. The smallest absolute Gasteiger partial charge is 0.276 e. The predicted octanol–water partition coefficient (Wildman–Crippen LogP) is 1.81. The standard InChI is InChI=1S/C15H19N7O/c1-8-12(9(2)22(3)20-8)10-7-11(19-18-10)13-17-14(21-23-13)15(16)5-4-6-15/h7H,4-6,16H2,1-3H3,(H,18,19). The van der Waals surface area contributed by atoms with E-state index in [4.69, 9.17) is 10.3 Å². The summed E-state index contributed by atoms with van der Waals surface area (Å²) in [5.41, 5.74) is 10.3. The lowest BCUT2D eigenvalue weighted by Gasteiger charge is -2.34. The van der Waals surface area contributed by atoms with Crippen molar-refractivity contribution in [1.82, 2.24) is 30.1 Å². The monoisotopic (exact) mass is 313 g/mol. The molecular formula is C15H19N7O. The van der Waals surface area contributed by atoms with Crippen molar-refractivity contribution in [3.8, 4) is 22.8 Å². The zero-order valence-corrected chi connectivity index (χ0v) is 13.4. The van der Waals surface area contributed by atoms with Gasteiger partial charge in [0.05, 0.1) is 16.9 Å². The zero-order chi connectivity index (χ0) is 16.2. The number of hydrogen-bond donors (Lipinski definition) is 2. The second-order valence-corrected chi connectivity index (χ2v) is 6.27. The third-order valence-corrected chi connectivity index (χ3v) is 4.69. The van der Waals surface area contributed by atoms with E-state index in [0.29, 0.717) is 17.4 Å². The van der Waals surface area contributed by atoms with Crippen molar-refractivity contribution in [3.05, 3.63) is 23.3 Å². The first kappa shape index (κ1) is 14.1. The van der Waals surface area contributed by atoms with Crippen LogP contribution in [0.15, 0.2) is 10.6 Å². The molecule has 0 spiro atoms. The van der Waals surface area contributed by atoms with Gasteiger partial charge in [0.1, 0.15) is 5.69 Å². The van der Waals surface area contributed by atoms with Crippen molar-refractivity contribution in [1.29, 1.82) is 0 Å². The highest BCUT2D eigenvalue weighted by Gasteiger charge is 2.39. The van der Waals surface area contributed by atoms with Crippen LogP contribution < -0.4 is 5.73 Å². The minimum absolute atomic E-state index is 0.412. The Bertz CT molecular complexity index is 868. The van der Waals surface area contributed by atoms with Gasteiger partial charge in [0.15, 0.2) is 5.82 Å². The molecule has 3 aromatic heterocycles. The number of aromatic amines is 1. The van der Waals surface area contributed by atoms with Gasteiger partial charge in [0.2, 0.25) is 0 Å². The maximum absolute atomic E-state index is 6.23. The minimum Gasteiger partial charge on any atom is -0.332 e. The molecule has 3 heterocycles. The molecule has 3 aromatic rings. The van der Waals surface area contributed by atoms with Gasteiger partial charge >= 0.3 is 0 Å². The molecule has 1 fully saturated rings. The quantitative estimate of drug-likeness (QED) is 0.763. The summed E-state index contributed by atoms with van der Waals surface area (Å²) in [6, 6.07) is 1.90. The fourth-order valence-electron chi connectivity index (χ4n) is 3.02. The Balaban J connectivity index is 1.68. The third-order valence-electron chi connectivity index (χ3n) is 4.69. The van der Waals surface area contributed by atoms with Crippen LogP contribution >= 0.6 is 0 Å². The Labute approximate surface area is 133 Å². The molecule has 3 N–H and O–H groups in total. The van der Waals surface area contributed by atoms with E-state index in [9.17, 15) is 0 Å². The van der Waals surface area contributed by atoms with E-state index in [1.54, 1.807) is 0 Å². The lowest BCUT2D eigenvalue weighted by molar-refractivity contribution is 0.229. The molecule has 8 heteroatoms. The van der Waals surface area contributed by atoms with Crippen molar-refractivity contribution in [2.45, 2.75) is 38.6 Å². The second-order valence-electron chi connectivity index (χ2n) is 6.27. The minimum atomic E-state index is -0.429. The molecule has 0 radical (unpaired) electrons. The third kappa shape index (κ3) is 2.09. The van der Waals surface area contributed by atoms with Crippen molar-refractivity contribution in [2.75, 3.05) is 0 Å². The summed E-state index contributed by atoms with van der Waals surface area (Å²) < 4.78 is 7.20. The summed E-state index contributed by atoms with van der Waals surface area (Å²) in [6.07, 6.45) is 2.90. The molecule has 0 amide bonds. The van der Waals surface area contributed by atoms with Crippen LogP contribution in [0.5, 0.6) is 0 Å². The first-order chi connectivity index (χ1) is 11.0. The average molecular weight is 313 g/mol. The molecule has 0 saturated heterocycles. The zero-order valence-electron chi connectivity index (χ0n) is 13.4. The maximum atomic E-state index is 6.23. The van der Waals surface area contributed by atoms with Crippen LogP contribution in [-0.2, 0) is 12.6 Å². The number of nitrogens with two attached hydrogens (primary N) is 1. The number of rotatable bonds is 3. The largest absolute Gasteiger partial charge is 0.332 e. The topological polar surface area (TPSA) is 111 Å². The molecule has 0 aromatic carbocycles. The second kappa shape index (κ2) is 4.76. The van der Waals surface area contributed by atoms with E-state index in [2.05, 4.69) is 25.4 Å². The number of H-pyrrole nitrogens is 1. The van der Waals surface area contributed by atoms with E-state index in [0.717, 1.165) is 41.9 Å². The van der Waals surface area contributed by atoms with Gasteiger partial charge in [-0.25, -0.2) is 0 Å². The summed E-state index contributed by atoms with van der Waals surface area (Å²) in [7, 11) is 1.92. The molecule has 0 atom stereocenters. The van der Waals surface area contributed by atoms with E-state index in [-0.39, 0.29) is 0 Å². The molecule has 8 nitrogen and oxygen atoms in total. The number of nitrogens with one attached hydrogen (secondary N) is 1. The van der Waals surface area contributed by atoms with Gasteiger partial charge < -0.3 is 10.3 Å². The Kier molecular flexibility index (Phi) is 2.92. The molecule has 0 aliphatic heterocycles. The van der Waals surface area contributed by atoms with Gasteiger partial charge in [0, 0.05) is 18.3 Å². The summed E-state index contributed by atoms with van der Waals surface area (Å²) in [6.45, 7) is 3.99. The highest BCUT2D eigenvalue weighted by molar-refractivity contribution is 5.68. The Morgan fingerprint density at radius 3 is 2.74 bits per heavy atom. The highest BCUT2D eigenvalue weighted by Crippen LogP contribution is 2.37. The first-order valence-corrected chi connectivity index (χ1v) is 7.67. The van der Waals surface area contributed by atoms with Gasteiger partial charge in [-0.15, -0.1) is 0 Å². The lowest BCUT2D eigenvalue weighted by Crippen LogP contribution is -2.44. The van der Waals surface area contributed by atoms with E-state index >= 15 is 0 Å². The van der Waals surface area contributed by atoms with Crippen LogP contribution in [-0.4, -0.2) is 30.1 Å². The Morgan fingerprint density at radius 1 is 1.35 bits per heavy atom. The van der Waals surface area contributed by atoms with Crippen molar-refractivity contribution < 1.29 is 4.52 Å². The van der Waals surface area contributed by atoms with Crippen LogP contribution in [0.2, 0.25) is 0 Å². The average Bonchev–Trinajstić information content (AvgIpc) is 3.17. The fourth-order valence-corrected chi connectivity index (χ4v) is 3.02. The van der Waals surface area contributed by atoms with Crippen molar-refractivity contribution in [3.63, 3.8) is 0 Å². The van der Waals surface area contributed by atoms with Crippen molar-refractivity contribution >= 4 is 0 Å². The van der Waals surface area contributed by atoms with Gasteiger partial charge in [0.25, 0.3) is 5.89 Å². The number of aromatic nitrogens is 6. The molecular weight excluding hydrogens is 294 g/mol. The molecule has 1 aliphatic carbocycles. The Morgan fingerprint density at radius 2 is 2.13 bits per heavy atom. The SMILES string of the molecule is Cc1nn(C)c(C)c1-c1cc(-c2nc(C3(N)CCC3)no2)[nH]n1. The normalized spacial score (nSPS) is 16.5. The Hall–Kier alpha value is -2.48. The molecule has 23 heavy (non-hydrogen) atoms. The van der Waals surface area contributed by atoms with E-state index in [1.165, 1.54) is 0 Å². The predicted molar refractivity (Wildman–Crippen MR) is 83.3 cm³/mol. The number of nitrogens with zero attached hydrogens (tertiary/aromatic N) is 5. The van der Waals surface area contributed by atoms with Crippen LogP contribution in [0.3, 0.4) is 0 Å². The molecule has 0 unspecified atom stereocenters. The van der Waals surface area contributed by atoms with Crippen LogP contribution in [0.1, 0.15) is 36.5 Å². The fraction of sp³-hybridized carbons (Fsp3) is 0.467. The van der Waals surface area contributed by atoms with Gasteiger partial charge in [-0.05, 0) is 39.2 Å². The molecule has 0 bridgehead atoms. The highest BCUT2D eigenvalue weighted by atomic mass is 16.5. The summed E-state index contributed by atoms with van der Waals surface area (Å²) >= 11 is 0. The summed E-state index contributed by atoms with van der Waals surface area (Å²) in [5.74, 6) is 0.985. The molecule has 4 rings (SSSR count). The van der Waals surface area contributed by atoms with Crippen LogP contribution in [0.4, 0.5) is 0 Å². The molecule has 1 saturated carbocycles. The summed E-state index contributed by atoms with van der Waals surface area (Å²) in [5, 5.41) is 15.8. The van der Waals surface area contributed by atoms with Gasteiger partial charge in [-0.1, -0.05) is 5.16 Å². The van der Waals surface area contributed by atoms with E-state index in [1.807, 2.05) is 31.6 Å². The molecule has 120 valence electrons. The lowest BCUT2D eigenvalue weighted by atomic mass is 9.77. The van der Waals surface area contributed by atoms with Gasteiger partial charge in [-0.3, -0.25) is 9.78 Å². The number of hydrogen-bond acceptors (Lipinski definition) is 6. The first-order valence-electron chi connectivity index (χ1n) is 7.67.